The lowest BCUT2D eigenvalue weighted by molar-refractivity contribution is -0.132. The summed E-state index contributed by atoms with van der Waals surface area (Å²) in [6, 6.07) is 3.82. The molecule has 1 aromatic rings. The van der Waals surface area contributed by atoms with Crippen molar-refractivity contribution in [2.24, 2.45) is 0 Å². The van der Waals surface area contributed by atoms with Crippen molar-refractivity contribution in [3.63, 3.8) is 0 Å². The van der Waals surface area contributed by atoms with Gasteiger partial charge in [0, 0.05) is 49.7 Å². The number of nitrogens with zero attached hydrogens (tertiary/aromatic N) is 1. The van der Waals surface area contributed by atoms with Gasteiger partial charge in [0.2, 0.25) is 0 Å². The highest BCUT2D eigenvalue weighted by molar-refractivity contribution is 5.97. The van der Waals surface area contributed by atoms with Gasteiger partial charge in [0.15, 0.2) is 5.78 Å². The minimum absolute atomic E-state index is 0.122. The molecule has 1 heterocycles. The van der Waals surface area contributed by atoms with Gasteiger partial charge in [-0.3, -0.25) is 14.5 Å². The number of carbonyl (C=O) groups excluding carboxylic acids is 2. The van der Waals surface area contributed by atoms with Crippen LogP contribution in [0.2, 0.25) is 0 Å². The number of esters is 1. The van der Waals surface area contributed by atoms with E-state index in [4.69, 9.17) is 9.47 Å². The molecule has 0 amide bonds. The van der Waals surface area contributed by atoms with E-state index < -0.39 is 0 Å². The second kappa shape index (κ2) is 8.75. The summed E-state index contributed by atoms with van der Waals surface area (Å²) in [6.07, 6.45) is 0.472. The molecule has 5 nitrogen and oxygen atoms in total. The second-order valence-electron chi connectivity index (χ2n) is 9.62. The second-order valence-corrected chi connectivity index (χ2v) is 9.62. The number of hydrogen-bond donors (Lipinski definition) is 0. The van der Waals surface area contributed by atoms with Crippen molar-refractivity contribution in [3.05, 3.63) is 28.8 Å². The van der Waals surface area contributed by atoms with Gasteiger partial charge in [-0.1, -0.05) is 41.5 Å². The van der Waals surface area contributed by atoms with Crippen molar-refractivity contribution >= 4 is 11.8 Å². The standard InChI is InChI=1S/C23H35NO4/c1-16(25)28-21-18(22(2,3)4)14-17(15-19(21)23(5,6)7)20(26)8-9-24-10-12-27-13-11-24/h14-15H,8-13H2,1-7H3. The molecule has 5 heteroatoms. The predicted octanol–water partition coefficient (Wildman–Crippen LogP) is 4.11. The molecule has 0 aliphatic carbocycles. The smallest absolute Gasteiger partial charge is 0.308 e. The first kappa shape index (κ1) is 22.6. The van der Waals surface area contributed by atoms with E-state index in [1.165, 1.54) is 6.92 Å². The maximum atomic E-state index is 13.0. The van der Waals surface area contributed by atoms with Crippen LogP contribution in [-0.2, 0) is 20.4 Å². The SMILES string of the molecule is CC(=O)Oc1c(C(C)(C)C)cc(C(=O)CCN2CCOCC2)cc1C(C)(C)C. The number of ether oxygens (including phenoxy) is 2. The minimum Gasteiger partial charge on any atom is -0.426 e. The largest absolute Gasteiger partial charge is 0.426 e. The van der Waals surface area contributed by atoms with Crippen LogP contribution >= 0.6 is 0 Å². The van der Waals surface area contributed by atoms with Crippen molar-refractivity contribution in [1.82, 2.24) is 4.90 Å². The fourth-order valence-electron chi connectivity index (χ4n) is 3.39. The van der Waals surface area contributed by atoms with Crippen LogP contribution in [0.4, 0.5) is 0 Å². The lowest BCUT2D eigenvalue weighted by atomic mass is 9.78. The zero-order valence-corrected chi connectivity index (χ0v) is 18.5. The van der Waals surface area contributed by atoms with Crippen LogP contribution in [0.3, 0.4) is 0 Å². The summed E-state index contributed by atoms with van der Waals surface area (Å²) in [6.45, 7) is 17.8. The Morgan fingerprint density at radius 2 is 1.50 bits per heavy atom. The molecule has 0 saturated carbocycles. The molecule has 1 aliphatic rings. The molecule has 1 aliphatic heterocycles. The Morgan fingerprint density at radius 1 is 1.00 bits per heavy atom. The number of carbonyl (C=O) groups is 2. The van der Waals surface area contributed by atoms with Crippen molar-refractivity contribution < 1.29 is 19.1 Å². The third-order valence-electron chi connectivity index (χ3n) is 5.03. The molecule has 28 heavy (non-hydrogen) atoms. The zero-order chi connectivity index (χ0) is 21.1. The monoisotopic (exact) mass is 389 g/mol. The minimum atomic E-state index is -0.345. The van der Waals surface area contributed by atoms with E-state index in [1.807, 2.05) is 12.1 Å². The summed E-state index contributed by atoms with van der Waals surface area (Å²) in [4.78, 5) is 27.0. The lowest BCUT2D eigenvalue weighted by Gasteiger charge is -2.30. The number of rotatable bonds is 5. The van der Waals surface area contributed by atoms with E-state index in [-0.39, 0.29) is 22.6 Å². The Labute approximate surface area is 169 Å². The molecule has 0 bridgehead atoms. The van der Waals surface area contributed by atoms with Gasteiger partial charge in [-0.05, 0) is 23.0 Å². The third-order valence-corrected chi connectivity index (χ3v) is 5.03. The molecule has 1 fully saturated rings. The average Bonchev–Trinajstić information content (AvgIpc) is 2.58. The fourth-order valence-corrected chi connectivity index (χ4v) is 3.39. The molecule has 0 N–H and O–H groups in total. The van der Waals surface area contributed by atoms with Crippen molar-refractivity contribution in [3.8, 4) is 5.75 Å². The lowest BCUT2D eigenvalue weighted by Crippen LogP contribution is -2.37. The van der Waals surface area contributed by atoms with E-state index in [1.54, 1.807) is 0 Å². The summed E-state index contributed by atoms with van der Waals surface area (Å²) in [5.41, 5.74) is 1.96. The highest BCUT2D eigenvalue weighted by atomic mass is 16.5. The predicted molar refractivity (Wildman–Crippen MR) is 111 cm³/mol. The Hall–Kier alpha value is -1.72. The van der Waals surface area contributed by atoms with E-state index in [0.29, 0.717) is 17.7 Å². The first-order valence-electron chi connectivity index (χ1n) is 10.1. The van der Waals surface area contributed by atoms with Crippen LogP contribution in [0.1, 0.15) is 76.4 Å². The van der Waals surface area contributed by atoms with Gasteiger partial charge in [-0.15, -0.1) is 0 Å². The Kier molecular flexibility index (Phi) is 7.05. The molecule has 0 radical (unpaired) electrons. The van der Waals surface area contributed by atoms with Crippen molar-refractivity contribution in [2.45, 2.75) is 65.7 Å². The zero-order valence-electron chi connectivity index (χ0n) is 18.5. The fraction of sp³-hybridized carbons (Fsp3) is 0.652. The molecule has 2 rings (SSSR count). The van der Waals surface area contributed by atoms with Crippen LogP contribution < -0.4 is 4.74 Å². The first-order valence-corrected chi connectivity index (χ1v) is 10.1. The van der Waals surface area contributed by atoms with E-state index in [0.717, 1.165) is 44.0 Å². The molecule has 0 spiro atoms. The van der Waals surface area contributed by atoms with Crippen molar-refractivity contribution in [1.29, 1.82) is 0 Å². The average molecular weight is 390 g/mol. The molecule has 156 valence electrons. The maximum Gasteiger partial charge on any atom is 0.308 e. The topological polar surface area (TPSA) is 55.8 Å². The maximum absolute atomic E-state index is 13.0. The van der Waals surface area contributed by atoms with E-state index in [9.17, 15) is 9.59 Å². The van der Waals surface area contributed by atoms with Gasteiger partial charge in [0.1, 0.15) is 5.75 Å². The van der Waals surface area contributed by atoms with Crippen LogP contribution in [0, 0.1) is 0 Å². The summed E-state index contributed by atoms with van der Waals surface area (Å²) < 4.78 is 11.0. The first-order chi connectivity index (χ1) is 12.9. The molecule has 0 aromatic heterocycles. The van der Waals surface area contributed by atoms with Gasteiger partial charge in [-0.2, -0.15) is 0 Å². The summed E-state index contributed by atoms with van der Waals surface area (Å²) in [5, 5.41) is 0. The quantitative estimate of drug-likeness (QED) is 0.431. The van der Waals surface area contributed by atoms with Crippen LogP contribution in [0.5, 0.6) is 5.75 Å². The normalized spacial score (nSPS) is 16.1. The number of hydrogen-bond acceptors (Lipinski definition) is 5. The van der Waals surface area contributed by atoms with Gasteiger partial charge in [0.05, 0.1) is 13.2 Å². The van der Waals surface area contributed by atoms with Gasteiger partial charge in [0.25, 0.3) is 0 Å². The highest BCUT2D eigenvalue weighted by Gasteiger charge is 2.30. The Morgan fingerprint density at radius 3 is 1.93 bits per heavy atom. The third kappa shape index (κ3) is 5.89. The van der Waals surface area contributed by atoms with Gasteiger partial charge < -0.3 is 9.47 Å². The highest BCUT2D eigenvalue weighted by Crippen LogP contribution is 2.41. The number of ketones is 1. The van der Waals surface area contributed by atoms with Gasteiger partial charge in [-0.25, -0.2) is 0 Å². The summed E-state index contributed by atoms with van der Waals surface area (Å²) in [5.74, 6) is 0.372. The van der Waals surface area contributed by atoms with Crippen LogP contribution in [0.15, 0.2) is 12.1 Å². The molecule has 0 atom stereocenters. The molecule has 1 saturated heterocycles. The number of benzene rings is 1. The summed E-state index contributed by atoms with van der Waals surface area (Å²) in [7, 11) is 0. The summed E-state index contributed by atoms with van der Waals surface area (Å²) >= 11 is 0. The van der Waals surface area contributed by atoms with Crippen LogP contribution in [0.25, 0.3) is 0 Å². The van der Waals surface area contributed by atoms with E-state index in [2.05, 4.69) is 46.4 Å². The van der Waals surface area contributed by atoms with Crippen LogP contribution in [-0.4, -0.2) is 49.5 Å². The number of morpholine rings is 1. The Balaban J connectivity index is 2.41. The van der Waals surface area contributed by atoms with E-state index >= 15 is 0 Å². The van der Waals surface area contributed by atoms with Gasteiger partial charge >= 0.3 is 5.97 Å². The molecular formula is C23H35NO4. The Bertz CT molecular complexity index is 684. The van der Waals surface area contributed by atoms with Crippen molar-refractivity contribution in [2.75, 3.05) is 32.8 Å². The molecular weight excluding hydrogens is 354 g/mol. The molecule has 1 aromatic carbocycles. The molecule has 0 unspecified atom stereocenters. The number of Topliss-reactive ketones (excluding diaryl/α,β-unsaturated/α-hetero) is 1.